The fourth-order valence-electron chi connectivity index (χ4n) is 3.05. The van der Waals surface area contributed by atoms with Crippen LogP contribution in [-0.2, 0) is 4.74 Å². The number of urea groups is 1. The monoisotopic (exact) mass is 333 g/mol. The molecule has 2 fully saturated rings. The summed E-state index contributed by atoms with van der Waals surface area (Å²) in [7, 11) is 0. The summed E-state index contributed by atoms with van der Waals surface area (Å²) < 4.78 is 5.41. The maximum atomic E-state index is 12.3. The average Bonchev–Trinajstić information content (AvgIpc) is 2.83. The van der Waals surface area contributed by atoms with Crippen LogP contribution < -0.4 is 10.2 Å². The second-order valence-corrected chi connectivity index (χ2v) is 7.33. The Morgan fingerprint density at radius 2 is 2.00 bits per heavy atom. The molecule has 24 heavy (non-hydrogen) atoms. The van der Waals surface area contributed by atoms with Crippen molar-refractivity contribution in [3.05, 3.63) is 18.6 Å². The molecule has 1 N–H and O–H groups in total. The first-order chi connectivity index (χ1) is 11.3. The number of carbonyl (C=O) groups is 2. The van der Waals surface area contributed by atoms with Crippen LogP contribution in [0.15, 0.2) is 18.6 Å². The van der Waals surface area contributed by atoms with Crippen LogP contribution in [0, 0.1) is 0 Å². The summed E-state index contributed by atoms with van der Waals surface area (Å²) in [5, 5.41) is 3.07. The van der Waals surface area contributed by atoms with Gasteiger partial charge in [0, 0.05) is 25.5 Å². The van der Waals surface area contributed by atoms with Gasteiger partial charge in [-0.2, -0.15) is 0 Å². The number of aromatic nitrogens is 2. The van der Waals surface area contributed by atoms with Gasteiger partial charge in [-0.05, 0) is 33.6 Å². The number of likely N-dealkylation sites (tertiary alicyclic amines) is 1. The number of hydrogen-bond acceptors (Lipinski definition) is 5. The van der Waals surface area contributed by atoms with E-state index < -0.39 is 5.60 Å². The molecule has 8 heteroatoms. The average molecular weight is 333 g/mol. The maximum Gasteiger partial charge on any atom is 0.410 e. The van der Waals surface area contributed by atoms with E-state index in [-0.39, 0.29) is 17.7 Å². The molecule has 0 unspecified atom stereocenters. The third kappa shape index (κ3) is 3.42. The van der Waals surface area contributed by atoms with Gasteiger partial charge in [0.1, 0.15) is 5.60 Å². The summed E-state index contributed by atoms with van der Waals surface area (Å²) in [6, 6.07) is -0.166. The molecule has 130 valence electrons. The molecular formula is C16H23N5O3. The molecule has 2 saturated heterocycles. The van der Waals surface area contributed by atoms with Crippen molar-refractivity contribution in [2.75, 3.05) is 24.5 Å². The van der Waals surface area contributed by atoms with E-state index in [0.29, 0.717) is 38.3 Å². The van der Waals surface area contributed by atoms with Gasteiger partial charge in [-0.3, -0.25) is 9.88 Å². The Labute approximate surface area is 141 Å². The highest BCUT2D eigenvalue weighted by molar-refractivity contribution is 5.94. The summed E-state index contributed by atoms with van der Waals surface area (Å²) in [5.74, 6) is 0.543. The first kappa shape index (κ1) is 16.5. The van der Waals surface area contributed by atoms with Crippen molar-refractivity contribution in [3.8, 4) is 0 Å². The van der Waals surface area contributed by atoms with Crippen LogP contribution in [0.4, 0.5) is 15.4 Å². The van der Waals surface area contributed by atoms with Crippen LogP contribution in [-0.4, -0.2) is 57.8 Å². The number of nitrogens with zero attached hydrogens (tertiary/aromatic N) is 4. The quantitative estimate of drug-likeness (QED) is 0.846. The van der Waals surface area contributed by atoms with Crippen molar-refractivity contribution in [1.82, 2.24) is 20.2 Å². The zero-order chi connectivity index (χ0) is 17.4. The molecule has 3 heterocycles. The normalized spacial score (nSPS) is 20.2. The Hall–Kier alpha value is -2.38. The van der Waals surface area contributed by atoms with Crippen molar-refractivity contribution in [2.45, 2.75) is 44.8 Å². The van der Waals surface area contributed by atoms with Gasteiger partial charge in [-0.1, -0.05) is 0 Å². The van der Waals surface area contributed by atoms with E-state index in [9.17, 15) is 9.59 Å². The van der Waals surface area contributed by atoms with Crippen LogP contribution in [0.1, 0.15) is 33.6 Å². The van der Waals surface area contributed by atoms with Gasteiger partial charge in [-0.15, -0.1) is 0 Å². The topological polar surface area (TPSA) is 87.7 Å². The molecule has 0 radical (unpaired) electrons. The fourth-order valence-corrected chi connectivity index (χ4v) is 3.05. The third-order valence-corrected chi connectivity index (χ3v) is 4.28. The van der Waals surface area contributed by atoms with Crippen LogP contribution >= 0.6 is 0 Å². The van der Waals surface area contributed by atoms with E-state index in [2.05, 4.69) is 15.3 Å². The molecule has 1 aromatic heterocycles. The summed E-state index contributed by atoms with van der Waals surface area (Å²) in [5.41, 5.74) is -0.830. The molecule has 3 amide bonds. The summed E-state index contributed by atoms with van der Waals surface area (Å²) in [6.45, 7) is 7.21. The molecule has 1 spiro atoms. The first-order valence-electron chi connectivity index (χ1n) is 8.12. The van der Waals surface area contributed by atoms with Gasteiger partial charge in [0.25, 0.3) is 0 Å². The standard InChI is InChI=1S/C16H23N5O3/c1-15(2,3)24-14(23)20-8-4-16(5-9-20)11-21(13(22)19-16)12-10-17-6-7-18-12/h6-7,10H,4-5,8-9,11H2,1-3H3,(H,19,22). The van der Waals surface area contributed by atoms with Crippen molar-refractivity contribution in [2.24, 2.45) is 0 Å². The zero-order valence-electron chi connectivity index (χ0n) is 14.3. The smallest absolute Gasteiger partial charge is 0.410 e. The van der Waals surface area contributed by atoms with Crippen LogP contribution in [0.2, 0.25) is 0 Å². The molecule has 2 aliphatic rings. The maximum absolute atomic E-state index is 12.3. The SMILES string of the molecule is CC(C)(C)OC(=O)N1CCC2(CC1)CN(c1cnccn1)C(=O)N2. The Kier molecular flexibility index (Phi) is 4.06. The minimum atomic E-state index is -0.503. The molecular weight excluding hydrogens is 310 g/mol. The molecule has 1 aromatic rings. The van der Waals surface area contributed by atoms with Crippen LogP contribution in [0.3, 0.4) is 0 Å². The van der Waals surface area contributed by atoms with Gasteiger partial charge in [0.05, 0.1) is 18.3 Å². The number of rotatable bonds is 1. The Balaban J connectivity index is 1.62. The van der Waals surface area contributed by atoms with E-state index in [1.807, 2.05) is 20.8 Å². The van der Waals surface area contributed by atoms with Gasteiger partial charge < -0.3 is 15.0 Å². The number of anilines is 1. The van der Waals surface area contributed by atoms with Crippen LogP contribution in [0.5, 0.6) is 0 Å². The van der Waals surface area contributed by atoms with Gasteiger partial charge in [0.15, 0.2) is 5.82 Å². The van der Waals surface area contributed by atoms with Crippen molar-refractivity contribution in [1.29, 1.82) is 0 Å². The van der Waals surface area contributed by atoms with E-state index in [0.717, 1.165) is 0 Å². The van der Waals surface area contributed by atoms with E-state index in [1.165, 1.54) is 0 Å². The molecule has 0 saturated carbocycles. The minimum Gasteiger partial charge on any atom is -0.444 e. The lowest BCUT2D eigenvalue weighted by Crippen LogP contribution is -2.54. The fraction of sp³-hybridized carbons (Fsp3) is 0.625. The van der Waals surface area contributed by atoms with Gasteiger partial charge in [-0.25, -0.2) is 14.6 Å². The second-order valence-electron chi connectivity index (χ2n) is 7.33. The van der Waals surface area contributed by atoms with E-state index in [1.54, 1.807) is 28.4 Å². The largest absolute Gasteiger partial charge is 0.444 e. The molecule has 8 nitrogen and oxygen atoms in total. The van der Waals surface area contributed by atoms with Crippen molar-refractivity contribution >= 4 is 17.9 Å². The van der Waals surface area contributed by atoms with E-state index in [4.69, 9.17) is 4.74 Å². The van der Waals surface area contributed by atoms with Gasteiger partial charge >= 0.3 is 12.1 Å². The Morgan fingerprint density at radius 1 is 1.29 bits per heavy atom. The lowest BCUT2D eigenvalue weighted by atomic mass is 9.88. The number of piperidine rings is 1. The van der Waals surface area contributed by atoms with E-state index >= 15 is 0 Å². The molecule has 2 aliphatic heterocycles. The Morgan fingerprint density at radius 3 is 2.58 bits per heavy atom. The third-order valence-electron chi connectivity index (χ3n) is 4.28. The minimum absolute atomic E-state index is 0.166. The Bertz CT molecular complexity index is 620. The molecule has 0 bridgehead atoms. The second kappa shape index (κ2) is 5.92. The number of ether oxygens (including phenoxy) is 1. The highest BCUT2D eigenvalue weighted by Gasteiger charge is 2.46. The predicted octanol–water partition coefficient (Wildman–Crippen LogP) is 1.78. The first-order valence-corrected chi connectivity index (χ1v) is 8.12. The number of nitrogens with one attached hydrogen (secondary N) is 1. The zero-order valence-corrected chi connectivity index (χ0v) is 14.3. The van der Waals surface area contributed by atoms with Crippen LogP contribution in [0.25, 0.3) is 0 Å². The number of carbonyl (C=O) groups excluding carboxylic acids is 2. The van der Waals surface area contributed by atoms with Gasteiger partial charge in [0.2, 0.25) is 0 Å². The molecule has 3 rings (SSSR count). The highest BCUT2D eigenvalue weighted by atomic mass is 16.6. The summed E-state index contributed by atoms with van der Waals surface area (Å²) in [4.78, 5) is 36.0. The molecule has 0 aromatic carbocycles. The molecule has 0 atom stereocenters. The summed E-state index contributed by atoms with van der Waals surface area (Å²) in [6.07, 6.45) is 5.80. The number of amides is 3. The lowest BCUT2D eigenvalue weighted by Gasteiger charge is -2.39. The van der Waals surface area contributed by atoms with Crippen molar-refractivity contribution < 1.29 is 14.3 Å². The predicted molar refractivity (Wildman–Crippen MR) is 87.7 cm³/mol. The lowest BCUT2D eigenvalue weighted by molar-refractivity contribution is 0.0167. The highest BCUT2D eigenvalue weighted by Crippen LogP contribution is 2.30. The molecule has 0 aliphatic carbocycles. The number of hydrogen-bond donors (Lipinski definition) is 1. The summed E-state index contributed by atoms with van der Waals surface area (Å²) >= 11 is 0. The van der Waals surface area contributed by atoms with Crippen molar-refractivity contribution in [3.63, 3.8) is 0 Å².